The summed E-state index contributed by atoms with van der Waals surface area (Å²) in [6, 6.07) is 8.07. The van der Waals surface area contributed by atoms with E-state index in [4.69, 9.17) is 14.6 Å². The molecule has 0 bridgehead atoms. The summed E-state index contributed by atoms with van der Waals surface area (Å²) in [6.07, 6.45) is 7.12. The van der Waals surface area contributed by atoms with Crippen molar-refractivity contribution in [3.63, 3.8) is 0 Å². The monoisotopic (exact) mass is 441 g/mol. The number of nitrogens with zero attached hydrogens (tertiary/aromatic N) is 2. The molecule has 5 rings (SSSR count). The van der Waals surface area contributed by atoms with E-state index in [2.05, 4.69) is 16.0 Å². The summed E-state index contributed by atoms with van der Waals surface area (Å²) in [7, 11) is 0. The molecule has 3 aliphatic heterocycles. The Labute approximate surface area is 187 Å². The van der Waals surface area contributed by atoms with Gasteiger partial charge in [-0.05, 0) is 50.4 Å². The van der Waals surface area contributed by atoms with Gasteiger partial charge in [-0.1, -0.05) is 18.2 Å². The van der Waals surface area contributed by atoms with Crippen LogP contribution in [0.4, 0.5) is 0 Å². The van der Waals surface area contributed by atoms with Crippen molar-refractivity contribution in [3.05, 3.63) is 36.0 Å². The first-order chi connectivity index (χ1) is 15.5. The zero-order valence-corrected chi connectivity index (χ0v) is 18.3. The first-order valence-corrected chi connectivity index (χ1v) is 11.4. The number of carbonyl (C=O) groups is 3. The van der Waals surface area contributed by atoms with E-state index in [-0.39, 0.29) is 29.9 Å². The van der Waals surface area contributed by atoms with Crippen LogP contribution in [0.25, 0.3) is 10.9 Å². The zero-order valence-electron chi connectivity index (χ0n) is 18.3. The minimum absolute atomic E-state index is 0.0223. The second kappa shape index (κ2) is 9.73. The minimum atomic E-state index is -0.373. The highest BCUT2D eigenvalue weighted by Crippen LogP contribution is 2.43. The number of carboxylic acid groups (broad SMARTS) is 1. The average molecular weight is 442 g/mol. The minimum Gasteiger partial charge on any atom is -0.483 e. The standard InChI is InChI=1S/C23H29N3O3.CH2O2/c27-21(13-17-15-24-20-6-2-1-5-19(17)20)26-11-7-23(8-12-26)14-18(29-22(23)28)16-25-9-3-4-10-25;2-1-3/h1-2,5-6,15,18,24H,3-4,7-14,16H2;1H,(H,2,3). The SMILES string of the molecule is O=C(Cc1c[nH]c2ccccc12)N1CCC2(CC1)CC(CN1CCCC1)OC2=O.O=CO. The normalized spacial score (nSPS) is 22.6. The van der Waals surface area contributed by atoms with E-state index in [1.54, 1.807) is 0 Å². The molecule has 32 heavy (non-hydrogen) atoms. The van der Waals surface area contributed by atoms with Crippen LogP contribution in [-0.4, -0.2) is 77.1 Å². The molecule has 1 amide bonds. The van der Waals surface area contributed by atoms with Gasteiger partial charge >= 0.3 is 5.97 Å². The van der Waals surface area contributed by atoms with Gasteiger partial charge in [0.1, 0.15) is 6.10 Å². The number of carbonyl (C=O) groups excluding carboxylic acids is 2. The van der Waals surface area contributed by atoms with Crippen molar-refractivity contribution in [1.82, 2.24) is 14.8 Å². The second-order valence-electron chi connectivity index (χ2n) is 9.04. The van der Waals surface area contributed by atoms with Gasteiger partial charge in [0.15, 0.2) is 0 Å². The van der Waals surface area contributed by atoms with Crippen LogP contribution in [0.15, 0.2) is 30.5 Å². The molecule has 3 saturated heterocycles. The van der Waals surface area contributed by atoms with Crippen LogP contribution in [0.2, 0.25) is 0 Å². The third-order valence-corrected chi connectivity index (χ3v) is 7.08. The zero-order chi connectivity index (χ0) is 22.6. The number of para-hydroxylation sites is 1. The molecule has 1 atom stereocenters. The Morgan fingerprint density at radius 3 is 2.59 bits per heavy atom. The molecule has 2 aromatic rings. The van der Waals surface area contributed by atoms with E-state index in [1.165, 1.54) is 12.8 Å². The molecule has 0 aliphatic carbocycles. The molecule has 3 fully saturated rings. The Kier molecular flexibility index (Phi) is 6.79. The Morgan fingerprint density at radius 1 is 1.19 bits per heavy atom. The van der Waals surface area contributed by atoms with Crippen LogP contribution in [0.1, 0.15) is 37.7 Å². The van der Waals surface area contributed by atoms with Crippen molar-refractivity contribution in [3.8, 4) is 0 Å². The average Bonchev–Trinajstić information content (AvgIpc) is 3.51. The summed E-state index contributed by atoms with van der Waals surface area (Å²) in [5.74, 6) is 0.106. The van der Waals surface area contributed by atoms with Gasteiger partial charge in [0.2, 0.25) is 5.91 Å². The van der Waals surface area contributed by atoms with E-state index < -0.39 is 0 Å². The summed E-state index contributed by atoms with van der Waals surface area (Å²) < 4.78 is 5.76. The molecule has 3 aliphatic rings. The molecule has 1 spiro atoms. The number of fused-ring (bicyclic) bond motifs is 1. The number of hydrogen-bond acceptors (Lipinski definition) is 5. The Hall–Kier alpha value is -2.87. The van der Waals surface area contributed by atoms with Crippen LogP contribution in [-0.2, 0) is 25.5 Å². The Balaban J connectivity index is 0.000000775. The topological polar surface area (TPSA) is 103 Å². The summed E-state index contributed by atoms with van der Waals surface area (Å²) in [5.41, 5.74) is 1.73. The molecule has 2 N–H and O–H groups in total. The number of H-pyrrole nitrogens is 1. The molecule has 1 aromatic carbocycles. The van der Waals surface area contributed by atoms with Crippen molar-refractivity contribution < 1.29 is 24.2 Å². The number of benzene rings is 1. The van der Waals surface area contributed by atoms with Gasteiger partial charge in [-0.3, -0.25) is 19.3 Å². The van der Waals surface area contributed by atoms with Gasteiger partial charge in [0, 0.05) is 43.2 Å². The first-order valence-electron chi connectivity index (χ1n) is 11.4. The van der Waals surface area contributed by atoms with Crippen LogP contribution in [0.3, 0.4) is 0 Å². The number of aromatic amines is 1. The summed E-state index contributed by atoms with van der Waals surface area (Å²) in [4.78, 5) is 41.5. The first kappa shape index (κ1) is 22.3. The smallest absolute Gasteiger partial charge is 0.312 e. The Bertz CT molecular complexity index is 957. The van der Waals surface area contributed by atoms with Crippen LogP contribution < -0.4 is 0 Å². The lowest BCUT2D eigenvalue weighted by Gasteiger charge is -2.36. The molecule has 0 radical (unpaired) electrons. The highest BCUT2D eigenvalue weighted by Gasteiger charge is 2.51. The highest BCUT2D eigenvalue weighted by atomic mass is 16.6. The van der Waals surface area contributed by atoms with Crippen molar-refractivity contribution in [2.45, 2.75) is 44.6 Å². The number of likely N-dealkylation sites (tertiary alicyclic amines) is 2. The van der Waals surface area contributed by atoms with E-state index in [9.17, 15) is 9.59 Å². The van der Waals surface area contributed by atoms with Gasteiger partial charge in [0.25, 0.3) is 6.47 Å². The number of amides is 1. The maximum atomic E-state index is 12.9. The number of rotatable bonds is 4. The van der Waals surface area contributed by atoms with E-state index in [0.29, 0.717) is 19.5 Å². The molecule has 1 aromatic heterocycles. The maximum Gasteiger partial charge on any atom is 0.312 e. The summed E-state index contributed by atoms with van der Waals surface area (Å²) in [5, 5.41) is 8.00. The number of cyclic esters (lactones) is 1. The Morgan fingerprint density at radius 2 is 1.88 bits per heavy atom. The second-order valence-corrected chi connectivity index (χ2v) is 9.04. The number of ether oxygens (including phenoxy) is 1. The molecular formula is C24H31N3O5. The predicted molar refractivity (Wildman–Crippen MR) is 119 cm³/mol. The van der Waals surface area contributed by atoms with E-state index >= 15 is 0 Å². The number of esters is 1. The third kappa shape index (κ3) is 4.65. The van der Waals surface area contributed by atoms with Gasteiger partial charge in [-0.15, -0.1) is 0 Å². The molecule has 1 unspecified atom stereocenters. The van der Waals surface area contributed by atoms with Crippen molar-refractivity contribution in [2.75, 3.05) is 32.7 Å². The van der Waals surface area contributed by atoms with Crippen molar-refractivity contribution >= 4 is 29.3 Å². The van der Waals surface area contributed by atoms with Gasteiger partial charge < -0.3 is 19.7 Å². The van der Waals surface area contributed by atoms with Crippen LogP contribution in [0.5, 0.6) is 0 Å². The molecular weight excluding hydrogens is 410 g/mol. The number of nitrogens with one attached hydrogen (secondary N) is 1. The fraction of sp³-hybridized carbons (Fsp3) is 0.542. The molecule has 0 saturated carbocycles. The van der Waals surface area contributed by atoms with Crippen molar-refractivity contribution in [1.29, 1.82) is 0 Å². The summed E-state index contributed by atoms with van der Waals surface area (Å²) in [6.45, 7) is 4.16. The molecule has 4 heterocycles. The maximum absolute atomic E-state index is 12.9. The summed E-state index contributed by atoms with van der Waals surface area (Å²) >= 11 is 0. The lowest BCUT2D eigenvalue weighted by Crippen LogP contribution is -2.45. The molecule has 8 heteroatoms. The number of hydrogen-bond donors (Lipinski definition) is 2. The fourth-order valence-corrected chi connectivity index (χ4v) is 5.34. The quantitative estimate of drug-likeness (QED) is 0.558. The lowest BCUT2D eigenvalue weighted by molar-refractivity contribution is -0.152. The van der Waals surface area contributed by atoms with E-state index in [0.717, 1.165) is 55.4 Å². The predicted octanol–water partition coefficient (Wildman–Crippen LogP) is 2.43. The largest absolute Gasteiger partial charge is 0.483 e. The van der Waals surface area contributed by atoms with Gasteiger partial charge in [0.05, 0.1) is 11.8 Å². The highest BCUT2D eigenvalue weighted by molar-refractivity contribution is 5.89. The third-order valence-electron chi connectivity index (χ3n) is 7.08. The van der Waals surface area contributed by atoms with Crippen molar-refractivity contribution in [2.24, 2.45) is 5.41 Å². The number of aromatic nitrogens is 1. The van der Waals surface area contributed by atoms with E-state index in [1.807, 2.05) is 29.3 Å². The lowest BCUT2D eigenvalue weighted by atomic mass is 9.76. The number of piperidine rings is 1. The van der Waals surface area contributed by atoms with Crippen LogP contribution >= 0.6 is 0 Å². The molecule has 172 valence electrons. The van der Waals surface area contributed by atoms with Crippen LogP contribution in [0, 0.1) is 5.41 Å². The van der Waals surface area contributed by atoms with Gasteiger partial charge in [-0.2, -0.15) is 0 Å². The van der Waals surface area contributed by atoms with Gasteiger partial charge in [-0.25, -0.2) is 0 Å². The fourth-order valence-electron chi connectivity index (χ4n) is 5.34. The molecule has 8 nitrogen and oxygen atoms in total.